The first-order valence-electron chi connectivity index (χ1n) is 7.78. The van der Waals surface area contributed by atoms with Crippen LogP contribution in [0.25, 0.3) is 11.0 Å². The van der Waals surface area contributed by atoms with Gasteiger partial charge in [-0.05, 0) is 55.5 Å². The molecule has 1 heterocycles. The number of nitrogens with zero attached hydrogens (tertiary/aromatic N) is 2. The lowest BCUT2D eigenvalue weighted by atomic mass is 10.3. The number of benzene rings is 2. The number of hydrogen-bond acceptors (Lipinski definition) is 5. The fourth-order valence-electron chi connectivity index (χ4n) is 2.23. The molecule has 1 unspecified atom stereocenters. The van der Waals surface area contributed by atoms with Crippen molar-refractivity contribution in [2.45, 2.75) is 13.0 Å². The molecule has 0 aliphatic carbocycles. The normalized spacial score (nSPS) is 12.4. The lowest BCUT2D eigenvalue weighted by Gasteiger charge is -2.11. The Morgan fingerprint density at radius 2 is 1.88 bits per heavy atom. The van der Waals surface area contributed by atoms with E-state index in [1.54, 1.807) is 48.7 Å². The van der Waals surface area contributed by atoms with E-state index in [0.717, 1.165) is 0 Å². The molecule has 5 nitrogen and oxygen atoms in total. The molecule has 128 valence electrons. The van der Waals surface area contributed by atoms with Gasteiger partial charge >= 0.3 is 0 Å². The highest BCUT2D eigenvalue weighted by atomic mass is 35.5. The second kappa shape index (κ2) is 7.96. The third-order valence-electron chi connectivity index (χ3n) is 3.36. The largest absolute Gasteiger partial charge is 0.487 e. The third-order valence-corrected chi connectivity index (χ3v) is 3.60. The minimum Gasteiger partial charge on any atom is -0.487 e. The molecular formula is C19H17ClN2O3. The van der Waals surface area contributed by atoms with Crippen LogP contribution >= 0.6 is 11.6 Å². The molecular weight excluding hydrogens is 340 g/mol. The van der Waals surface area contributed by atoms with Crippen molar-refractivity contribution in [2.24, 2.45) is 0 Å². The summed E-state index contributed by atoms with van der Waals surface area (Å²) in [7, 11) is 0. The Morgan fingerprint density at radius 1 is 1.12 bits per heavy atom. The van der Waals surface area contributed by atoms with Gasteiger partial charge in [0.2, 0.25) is 5.88 Å². The van der Waals surface area contributed by atoms with E-state index >= 15 is 0 Å². The zero-order valence-electron chi connectivity index (χ0n) is 13.6. The highest BCUT2D eigenvalue weighted by Gasteiger charge is 2.05. The van der Waals surface area contributed by atoms with Crippen LogP contribution in [-0.2, 0) is 0 Å². The van der Waals surface area contributed by atoms with Crippen LogP contribution in [0.2, 0.25) is 5.02 Å². The van der Waals surface area contributed by atoms with Crippen LogP contribution in [0.4, 0.5) is 0 Å². The van der Waals surface area contributed by atoms with Crippen LogP contribution in [0.5, 0.6) is 17.4 Å². The van der Waals surface area contributed by atoms with Crippen molar-refractivity contribution < 1.29 is 14.6 Å². The molecule has 6 heteroatoms. The summed E-state index contributed by atoms with van der Waals surface area (Å²) in [5, 5.41) is 9.38. The maximum absolute atomic E-state index is 8.76. The minimum absolute atomic E-state index is 0.000519. The van der Waals surface area contributed by atoms with Crippen LogP contribution in [-0.4, -0.2) is 27.8 Å². The lowest BCUT2D eigenvalue weighted by molar-refractivity contribution is 0.267. The summed E-state index contributed by atoms with van der Waals surface area (Å²) in [5.74, 6) is 1.75. The number of ether oxygens (including phenoxy) is 2. The molecule has 0 aliphatic rings. The molecule has 0 radical (unpaired) electrons. The molecule has 3 rings (SSSR count). The third kappa shape index (κ3) is 4.68. The number of hydrogen-bond donors (Lipinski definition) is 1. The average molecular weight is 357 g/mol. The van der Waals surface area contributed by atoms with Gasteiger partial charge in [-0.3, -0.25) is 0 Å². The quantitative estimate of drug-likeness (QED) is 0.663. The van der Waals surface area contributed by atoms with E-state index in [1.165, 1.54) is 0 Å². The Bertz CT molecular complexity index is 881. The standard InChI is InChI=1S/C19H17ClN2O3/c1-13(3-2-10-23)24-15-5-7-16(8-6-15)25-19-12-21-18-11-14(20)4-9-17(18)22-19/h2-9,11-13,23H,10H2,1H3. The van der Waals surface area contributed by atoms with Gasteiger partial charge in [0.25, 0.3) is 0 Å². The predicted octanol–water partition coefficient (Wildman–Crippen LogP) is 4.39. The van der Waals surface area contributed by atoms with E-state index in [4.69, 9.17) is 26.2 Å². The molecule has 0 saturated carbocycles. The first kappa shape index (κ1) is 17.2. The van der Waals surface area contributed by atoms with Crippen molar-refractivity contribution in [3.8, 4) is 17.4 Å². The highest BCUT2D eigenvalue weighted by Crippen LogP contribution is 2.24. The van der Waals surface area contributed by atoms with Gasteiger partial charge < -0.3 is 14.6 Å². The van der Waals surface area contributed by atoms with Gasteiger partial charge in [-0.25, -0.2) is 9.97 Å². The van der Waals surface area contributed by atoms with Gasteiger partial charge in [-0.15, -0.1) is 0 Å². The number of fused-ring (bicyclic) bond motifs is 1. The second-order valence-corrected chi connectivity index (χ2v) is 5.78. The molecule has 1 N–H and O–H groups in total. The molecule has 0 fully saturated rings. The number of aliphatic hydroxyl groups is 1. The zero-order valence-corrected chi connectivity index (χ0v) is 14.3. The topological polar surface area (TPSA) is 64.5 Å². The Labute approximate surface area is 150 Å². The molecule has 1 aromatic heterocycles. The SMILES string of the molecule is CC(C=CCO)Oc1ccc(Oc2cnc3cc(Cl)ccc3n2)cc1. The highest BCUT2D eigenvalue weighted by molar-refractivity contribution is 6.31. The summed E-state index contributed by atoms with van der Waals surface area (Å²) < 4.78 is 11.4. The van der Waals surface area contributed by atoms with Crippen molar-refractivity contribution in [1.82, 2.24) is 9.97 Å². The smallest absolute Gasteiger partial charge is 0.238 e. The summed E-state index contributed by atoms with van der Waals surface area (Å²) in [4.78, 5) is 8.71. The predicted molar refractivity (Wildman–Crippen MR) is 97.4 cm³/mol. The summed E-state index contributed by atoms with van der Waals surface area (Å²) in [6.07, 6.45) is 4.87. The van der Waals surface area contributed by atoms with E-state index in [-0.39, 0.29) is 12.7 Å². The van der Waals surface area contributed by atoms with Crippen molar-refractivity contribution in [3.05, 3.63) is 65.8 Å². The second-order valence-electron chi connectivity index (χ2n) is 5.35. The van der Waals surface area contributed by atoms with Gasteiger partial charge in [0.15, 0.2) is 0 Å². The van der Waals surface area contributed by atoms with Crippen LogP contribution in [0.15, 0.2) is 60.8 Å². The summed E-state index contributed by atoms with van der Waals surface area (Å²) in [6, 6.07) is 12.5. The molecule has 0 bridgehead atoms. The van der Waals surface area contributed by atoms with Gasteiger partial charge in [-0.1, -0.05) is 17.7 Å². The molecule has 2 aromatic carbocycles. The molecule has 25 heavy (non-hydrogen) atoms. The van der Waals surface area contributed by atoms with Gasteiger partial charge in [0.05, 0.1) is 23.8 Å². The number of aliphatic hydroxyl groups excluding tert-OH is 1. The van der Waals surface area contributed by atoms with E-state index < -0.39 is 0 Å². The average Bonchev–Trinajstić information content (AvgIpc) is 2.62. The van der Waals surface area contributed by atoms with E-state index in [2.05, 4.69) is 9.97 Å². The number of halogens is 1. The van der Waals surface area contributed by atoms with Crippen LogP contribution in [0, 0.1) is 0 Å². The maximum Gasteiger partial charge on any atom is 0.238 e. The van der Waals surface area contributed by atoms with Crippen LogP contribution in [0.3, 0.4) is 0 Å². The lowest BCUT2D eigenvalue weighted by Crippen LogP contribution is -2.08. The first-order chi connectivity index (χ1) is 12.1. The minimum atomic E-state index is -0.128. The molecule has 3 aromatic rings. The Hall–Kier alpha value is -2.63. The fourth-order valence-corrected chi connectivity index (χ4v) is 2.40. The summed E-state index contributed by atoms with van der Waals surface area (Å²) in [5.41, 5.74) is 1.43. The molecule has 0 amide bonds. The Kier molecular flexibility index (Phi) is 5.48. The molecule has 0 saturated heterocycles. The monoisotopic (exact) mass is 356 g/mol. The fraction of sp³-hybridized carbons (Fsp3) is 0.158. The summed E-state index contributed by atoms with van der Waals surface area (Å²) in [6.45, 7) is 1.90. The Balaban J connectivity index is 1.69. The first-order valence-corrected chi connectivity index (χ1v) is 8.16. The van der Waals surface area contributed by atoms with E-state index in [9.17, 15) is 0 Å². The van der Waals surface area contributed by atoms with E-state index in [0.29, 0.717) is 33.4 Å². The Morgan fingerprint density at radius 3 is 2.64 bits per heavy atom. The van der Waals surface area contributed by atoms with Crippen molar-refractivity contribution in [2.75, 3.05) is 6.61 Å². The molecule has 1 atom stereocenters. The van der Waals surface area contributed by atoms with Gasteiger partial charge in [-0.2, -0.15) is 0 Å². The van der Waals surface area contributed by atoms with Crippen molar-refractivity contribution in [1.29, 1.82) is 0 Å². The van der Waals surface area contributed by atoms with E-state index in [1.807, 2.05) is 19.1 Å². The zero-order chi connectivity index (χ0) is 17.6. The van der Waals surface area contributed by atoms with Crippen molar-refractivity contribution in [3.63, 3.8) is 0 Å². The van der Waals surface area contributed by atoms with Crippen molar-refractivity contribution >= 4 is 22.6 Å². The van der Waals surface area contributed by atoms with Crippen LogP contribution in [0.1, 0.15) is 6.92 Å². The molecule has 0 aliphatic heterocycles. The van der Waals surface area contributed by atoms with Gasteiger partial charge in [0.1, 0.15) is 17.6 Å². The van der Waals surface area contributed by atoms with Crippen LogP contribution < -0.4 is 9.47 Å². The molecule has 0 spiro atoms. The van der Waals surface area contributed by atoms with Gasteiger partial charge in [0, 0.05) is 5.02 Å². The summed E-state index contributed by atoms with van der Waals surface area (Å²) >= 11 is 5.94. The number of rotatable bonds is 6. The maximum atomic E-state index is 8.76. The number of aromatic nitrogens is 2.